The molecule has 5 aromatic rings. The number of fused-ring (bicyclic) bond motifs is 1. The summed E-state index contributed by atoms with van der Waals surface area (Å²) in [5.74, 6) is -0.697. The maximum atomic E-state index is 13.2. The minimum absolute atomic E-state index is 0.112. The number of aromatic nitrogens is 4. The first-order valence-electron chi connectivity index (χ1n) is 10.5. The standard InChI is InChI=1S/C24H21N5O4S/c1-16-9-23(28-33-16)27-24(30)15-34(31,32)22-14-29(21-8-3-2-7-20(21)22)13-17-5-4-6-18(10-17)19-11-25-26-12-19/h2-12,14H,13,15H2,1H3,(H,25,26)(H,27,28,30). The van der Waals surface area contributed by atoms with Gasteiger partial charge >= 0.3 is 0 Å². The Bertz CT molecular complexity index is 1580. The van der Waals surface area contributed by atoms with E-state index in [4.69, 9.17) is 4.52 Å². The zero-order valence-electron chi connectivity index (χ0n) is 18.2. The molecule has 0 spiro atoms. The highest BCUT2D eigenvalue weighted by Crippen LogP contribution is 2.28. The van der Waals surface area contributed by atoms with Gasteiger partial charge in [0, 0.05) is 41.5 Å². The first-order valence-corrected chi connectivity index (χ1v) is 12.2. The van der Waals surface area contributed by atoms with Crippen LogP contribution in [0.4, 0.5) is 5.82 Å². The first kappa shape index (κ1) is 21.7. The number of anilines is 1. The summed E-state index contributed by atoms with van der Waals surface area (Å²) in [7, 11) is -3.92. The van der Waals surface area contributed by atoms with Crippen LogP contribution in [0.3, 0.4) is 0 Å². The molecule has 1 amide bonds. The fourth-order valence-electron chi connectivity index (χ4n) is 3.90. The minimum Gasteiger partial charge on any atom is -0.360 e. The molecular formula is C24H21N5O4S. The number of rotatable bonds is 7. The van der Waals surface area contributed by atoms with Gasteiger partial charge in [-0.3, -0.25) is 9.89 Å². The molecule has 0 aliphatic rings. The van der Waals surface area contributed by atoms with Crippen LogP contribution in [0.2, 0.25) is 0 Å². The number of nitrogens with zero attached hydrogens (tertiary/aromatic N) is 3. The van der Waals surface area contributed by atoms with Crippen LogP contribution in [0.5, 0.6) is 0 Å². The molecule has 10 heteroatoms. The molecule has 0 atom stereocenters. The lowest BCUT2D eigenvalue weighted by atomic mass is 10.1. The topological polar surface area (TPSA) is 123 Å². The van der Waals surface area contributed by atoms with Gasteiger partial charge in [0.05, 0.1) is 11.1 Å². The Kier molecular flexibility index (Phi) is 5.50. The normalized spacial score (nSPS) is 11.7. The van der Waals surface area contributed by atoms with Crippen molar-refractivity contribution in [2.75, 3.05) is 11.1 Å². The quantitative estimate of drug-likeness (QED) is 0.369. The average Bonchev–Trinajstić information content (AvgIpc) is 3.55. The van der Waals surface area contributed by atoms with Crippen molar-refractivity contribution in [1.82, 2.24) is 19.9 Å². The van der Waals surface area contributed by atoms with Crippen molar-refractivity contribution < 1.29 is 17.7 Å². The fourth-order valence-corrected chi connectivity index (χ4v) is 5.27. The summed E-state index contributed by atoms with van der Waals surface area (Å²) in [6.45, 7) is 2.14. The van der Waals surface area contributed by atoms with Gasteiger partial charge < -0.3 is 14.4 Å². The van der Waals surface area contributed by atoms with Gasteiger partial charge in [0.15, 0.2) is 15.7 Å². The molecule has 0 radical (unpaired) electrons. The molecule has 0 fully saturated rings. The lowest BCUT2D eigenvalue weighted by molar-refractivity contribution is -0.113. The molecule has 0 aliphatic carbocycles. The van der Waals surface area contributed by atoms with E-state index in [0.29, 0.717) is 17.7 Å². The Labute approximate surface area is 195 Å². The van der Waals surface area contributed by atoms with Gasteiger partial charge in [0.2, 0.25) is 5.91 Å². The summed E-state index contributed by atoms with van der Waals surface area (Å²) in [6, 6.07) is 16.8. The molecule has 172 valence electrons. The van der Waals surface area contributed by atoms with Crippen LogP contribution in [0.1, 0.15) is 11.3 Å². The fraction of sp³-hybridized carbons (Fsp3) is 0.125. The molecule has 5 rings (SSSR count). The summed E-state index contributed by atoms with van der Waals surface area (Å²) in [4.78, 5) is 12.5. The van der Waals surface area contributed by atoms with E-state index in [1.807, 2.05) is 47.2 Å². The lowest BCUT2D eigenvalue weighted by Gasteiger charge is -2.07. The SMILES string of the molecule is Cc1cc(NC(=O)CS(=O)(=O)c2cn(Cc3cccc(-c4cn[nH]c4)c3)c3ccccc23)no1. The molecule has 3 aromatic heterocycles. The number of para-hydroxylation sites is 1. The minimum atomic E-state index is -3.92. The van der Waals surface area contributed by atoms with Crippen molar-refractivity contribution in [3.8, 4) is 11.1 Å². The molecule has 9 nitrogen and oxygen atoms in total. The van der Waals surface area contributed by atoms with E-state index in [1.165, 1.54) is 6.07 Å². The van der Waals surface area contributed by atoms with Crippen LogP contribution in [-0.2, 0) is 21.2 Å². The van der Waals surface area contributed by atoms with Crippen LogP contribution in [0.15, 0.2) is 82.6 Å². The van der Waals surface area contributed by atoms with E-state index >= 15 is 0 Å². The van der Waals surface area contributed by atoms with Gasteiger partial charge in [-0.2, -0.15) is 5.10 Å². The third-order valence-corrected chi connectivity index (χ3v) is 7.05. The molecule has 0 bridgehead atoms. The van der Waals surface area contributed by atoms with Gasteiger partial charge in [-0.1, -0.05) is 41.6 Å². The molecule has 0 aliphatic heterocycles. The van der Waals surface area contributed by atoms with Gasteiger partial charge in [0.1, 0.15) is 11.5 Å². The number of sulfone groups is 1. The van der Waals surface area contributed by atoms with E-state index in [1.54, 1.807) is 31.5 Å². The summed E-state index contributed by atoms with van der Waals surface area (Å²) in [5, 5.41) is 13.5. The first-order chi connectivity index (χ1) is 16.4. The maximum Gasteiger partial charge on any atom is 0.241 e. The number of amides is 1. The van der Waals surface area contributed by atoms with E-state index < -0.39 is 21.5 Å². The van der Waals surface area contributed by atoms with E-state index in [2.05, 4.69) is 20.7 Å². The number of hydrogen-bond acceptors (Lipinski definition) is 6. The van der Waals surface area contributed by atoms with Crippen molar-refractivity contribution in [3.63, 3.8) is 0 Å². The zero-order chi connectivity index (χ0) is 23.7. The second kappa shape index (κ2) is 8.64. The number of aromatic amines is 1. The Morgan fingerprint density at radius 3 is 2.74 bits per heavy atom. The molecule has 3 heterocycles. The van der Waals surface area contributed by atoms with Crippen LogP contribution < -0.4 is 5.32 Å². The summed E-state index contributed by atoms with van der Waals surface area (Å²) in [5.41, 5.74) is 3.75. The Morgan fingerprint density at radius 1 is 1.12 bits per heavy atom. The molecule has 0 saturated heterocycles. The van der Waals surface area contributed by atoms with Crippen LogP contribution >= 0.6 is 0 Å². The van der Waals surface area contributed by atoms with Crippen molar-refractivity contribution in [3.05, 3.63) is 84.5 Å². The average molecular weight is 476 g/mol. The van der Waals surface area contributed by atoms with E-state index in [-0.39, 0.29) is 10.7 Å². The summed E-state index contributed by atoms with van der Waals surface area (Å²) < 4.78 is 33.2. The Hall–Kier alpha value is -4.18. The Balaban J connectivity index is 1.44. The Morgan fingerprint density at radius 2 is 1.97 bits per heavy atom. The highest BCUT2D eigenvalue weighted by Gasteiger charge is 2.25. The van der Waals surface area contributed by atoms with Crippen molar-refractivity contribution >= 4 is 32.5 Å². The number of nitrogens with one attached hydrogen (secondary N) is 2. The number of carbonyl (C=O) groups is 1. The van der Waals surface area contributed by atoms with E-state index in [0.717, 1.165) is 22.2 Å². The van der Waals surface area contributed by atoms with Crippen molar-refractivity contribution in [2.45, 2.75) is 18.4 Å². The smallest absolute Gasteiger partial charge is 0.241 e. The number of H-pyrrole nitrogens is 1. The summed E-state index contributed by atoms with van der Waals surface area (Å²) >= 11 is 0. The highest BCUT2D eigenvalue weighted by atomic mass is 32.2. The van der Waals surface area contributed by atoms with Crippen molar-refractivity contribution in [1.29, 1.82) is 0 Å². The van der Waals surface area contributed by atoms with Gasteiger partial charge in [0.25, 0.3) is 0 Å². The molecule has 34 heavy (non-hydrogen) atoms. The number of hydrogen-bond donors (Lipinski definition) is 2. The largest absolute Gasteiger partial charge is 0.360 e. The predicted octanol–water partition coefficient (Wildman–Crippen LogP) is 3.79. The summed E-state index contributed by atoms with van der Waals surface area (Å²) in [6.07, 6.45) is 5.17. The number of benzene rings is 2. The van der Waals surface area contributed by atoms with Gasteiger partial charge in [-0.25, -0.2) is 8.42 Å². The van der Waals surface area contributed by atoms with Crippen LogP contribution in [0.25, 0.3) is 22.0 Å². The highest BCUT2D eigenvalue weighted by molar-refractivity contribution is 7.92. The van der Waals surface area contributed by atoms with Gasteiger partial charge in [-0.15, -0.1) is 0 Å². The maximum absolute atomic E-state index is 13.2. The molecule has 2 aromatic carbocycles. The molecule has 0 unspecified atom stereocenters. The predicted molar refractivity (Wildman–Crippen MR) is 127 cm³/mol. The molecular weight excluding hydrogens is 454 g/mol. The molecule has 0 saturated carbocycles. The monoisotopic (exact) mass is 475 g/mol. The van der Waals surface area contributed by atoms with Crippen LogP contribution in [0, 0.1) is 6.92 Å². The number of aryl methyl sites for hydroxylation is 1. The van der Waals surface area contributed by atoms with Crippen molar-refractivity contribution in [2.24, 2.45) is 0 Å². The van der Waals surface area contributed by atoms with Gasteiger partial charge in [-0.05, 0) is 30.2 Å². The molecule has 2 N–H and O–H groups in total. The lowest BCUT2D eigenvalue weighted by Crippen LogP contribution is -2.23. The third kappa shape index (κ3) is 4.35. The number of carbonyl (C=O) groups excluding carboxylic acids is 1. The second-order valence-corrected chi connectivity index (χ2v) is 9.91. The second-order valence-electron chi connectivity index (χ2n) is 7.96. The third-order valence-electron chi connectivity index (χ3n) is 5.42. The zero-order valence-corrected chi connectivity index (χ0v) is 19.0. The van der Waals surface area contributed by atoms with E-state index in [9.17, 15) is 13.2 Å². The van der Waals surface area contributed by atoms with Crippen LogP contribution in [-0.4, -0.2) is 40.0 Å².